The Morgan fingerprint density at radius 3 is 3.09 bits per heavy atom. The van der Waals surface area contributed by atoms with Gasteiger partial charge in [-0.15, -0.1) is 0 Å². The van der Waals surface area contributed by atoms with Gasteiger partial charge < -0.3 is 9.64 Å². The number of piperidine rings is 1. The lowest BCUT2D eigenvalue weighted by Crippen LogP contribution is -2.36. The first-order valence-corrected chi connectivity index (χ1v) is 8.04. The van der Waals surface area contributed by atoms with Crippen molar-refractivity contribution in [1.82, 2.24) is 15.2 Å². The predicted octanol–water partition coefficient (Wildman–Crippen LogP) is 2.75. The average molecular weight is 314 g/mol. The lowest BCUT2D eigenvalue weighted by molar-refractivity contribution is 0.0378. The molecule has 1 fully saturated rings. The minimum atomic E-state index is -0.312. The molecule has 3 heterocycles. The molecule has 23 heavy (non-hydrogen) atoms. The lowest BCUT2D eigenvalue weighted by Gasteiger charge is -2.34. The molecule has 1 aliphatic rings. The molecule has 1 aliphatic heterocycles. The summed E-state index contributed by atoms with van der Waals surface area (Å²) in [6, 6.07) is 3.56. The summed E-state index contributed by atoms with van der Waals surface area (Å²) in [5.41, 5.74) is 1.74. The van der Waals surface area contributed by atoms with Crippen LogP contribution in [-0.2, 0) is 4.74 Å². The number of ether oxygens (including phenoxy) is 1. The summed E-state index contributed by atoms with van der Waals surface area (Å²) in [4.78, 5) is 19.0. The van der Waals surface area contributed by atoms with E-state index in [2.05, 4.69) is 20.1 Å². The van der Waals surface area contributed by atoms with Crippen LogP contribution >= 0.6 is 0 Å². The number of aromatic amines is 1. The van der Waals surface area contributed by atoms with Crippen molar-refractivity contribution in [2.75, 3.05) is 18.0 Å². The molecule has 0 bridgehead atoms. The molecule has 0 spiro atoms. The van der Waals surface area contributed by atoms with E-state index in [-0.39, 0.29) is 12.1 Å². The Labute approximate surface area is 135 Å². The van der Waals surface area contributed by atoms with E-state index >= 15 is 0 Å². The number of carbonyl (C=O) groups excluding carboxylic acids is 1. The fourth-order valence-corrected chi connectivity index (χ4v) is 3.01. The van der Waals surface area contributed by atoms with Gasteiger partial charge >= 0.3 is 5.97 Å². The zero-order valence-corrected chi connectivity index (χ0v) is 13.5. The second kappa shape index (κ2) is 6.81. The number of hydrogen-bond acceptors (Lipinski definition) is 5. The molecule has 1 N–H and O–H groups in total. The van der Waals surface area contributed by atoms with Crippen molar-refractivity contribution in [1.29, 1.82) is 0 Å². The molecule has 1 atom stereocenters. The molecule has 1 saturated heterocycles. The van der Waals surface area contributed by atoms with Crippen LogP contribution in [0.1, 0.15) is 48.5 Å². The van der Waals surface area contributed by atoms with Crippen LogP contribution < -0.4 is 4.90 Å². The average Bonchev–Trinajstić information content (AvgIpc) is 3.09. The Morgan fingerprint density at radius 1 is 1.48 bits per heavy atom. The number of H-pyrrole nitrogens is 1. The van der Waals surface area contributed by atoms with Crippen molar-refractivity contribution in [3.05, 3.63) is 41.9 Å². The highest BCUT2D eigenvalue weighted by Gasteiger charge is 2.26. The summed E-state index contributed by atoms with van der Waals surface area (Å²) in [7, 11) is 0. The van der Waals surface area contributed by atoms with Crippen LogP contribution in [0.25, 0.3) is 0 Å². The fraction of sp³-hybridized carbons (Fsp3) is 0.471. The number of nitrogens with zero attached hydrogens (tertiary/aromatic N) is 3. The number of hydrogen-bond donors (Lipinski definition) is 1. The first-order chi connectivity index (χ1) is 11.1. The van der Waals surface area contributed by atoms with Gasteiger partial charge in [0.2, 0.25) is 0 Å². The topological polar surface area (TPSA) is 71.1 Å². The van der Waals surface area contributed by atoms with Gasteiger partial charge in [-0.3, -0.25) is 5.10 Å². The second-order valence-corrected chi connectivity index (χ2v) is 6.15. The van der Waals surface area contributed by atoms with Crippen LogP contribution in [-0.4, -0.2) is 40.3 Å². The number of carbonyl (C=O) groups is 1. The number of nitrogens with one attached hydrogen (secondary N) is 1. The van der Waals surface area contributed by atoms with Gasteiger partial charge in [0, 0.05) is 31.4 Å². The van der Waals surface area contributed by atoms with Gasteiger partial charge in [-0.1, -0.05) is 0 Å². The maximum atomic E-state index is 12.3. The molecule has 0 aliphatic carbocycles. The predicted molar refractivity (Wildman–Crippen MR) is 87.6 cm³/mol. The second-order valence-electron chi connectivity index (χ2n) is 6.15. The van der Waals surface area contributed by atoms with Gasteiger partial charge in [0.05, 0.1) is 12.3 Å². The Morgan fingerprint density at radius 2 is 2.35 bits per heavy atom. The van der Waals surface area contributed by atoms with Gasteiger partial charge in [0.25, 0.3) is 0 Å². The van der Waals surface area contributed by atoms with Crippen LogP contribution in [0.2, 0.25) is 0 Å². The summed E-state index contributed by atoms with van der Waals surface area (Å²) in [5, 5.41) is 6.91. The number of pyridine rings is 1. The Bertz CT molecular complexity index is 654. The van der Waals surface area contributed by atoms with Crippen molar-refractivity contribution in [3.63, 3.8) is 0 Å². The molecule has 0 saturated carbocycles. The van der Waals surface area contributed by atoms with E-state index in [1.165, 1.54) is 5.56 Å². The first kappa shape index (κ1) is 15.5. The van der Waals surface area contributed by atoms with Gasteiger partial charge in [0.1, 0.15) is 11.4 Å². The molecule has 2 aromatic rings. The highest BCUT2D eigenvalue weighted by Crippen LogP contribution is 2.30. The maximum absolute atomic E-state index is 12.3. The van der Waals surface area contributed by atoms with Crippen LogP contribution in [0, 0.1) is 0 Å². The molecule has 122 valence electrons. The number of aromatic nitrogens is 3. The molecule has 0 unspecified atom stereocenters. The van der Waals surface area contributed by atoms with Crippen molar-refractivity contribution in [3.8, 4) is 0 Å². The third-order valence-corrected chi connectivity index (χ3v) is 4.06. The third-order valence-electron chi connectivity index (χ3n) is 4.06. The number of esters is 1. The van der Waals surface area contributed by atoms with Crippen LogP contribution in [0.5, 0.6) is 0 Å². The van der Waals surface area contributed by atoms with E-state index in [4.69, 9.17) is 4.74 Å². The number of anilines is 1. The molecule has 0 aromatic carbocycles. The van der Waals surface area contributed by atoms with Crippen LogP contribution in [0.3, 0.4) is 0 Å². The standard InChI is InChI=1S/C17H22N4O2/c1-12(2)23-17(22)15-6-3-7-18-16(15)21-8-4-5-13(11-21)14-9-19-20-10-14/h3,6-7,9-10,12-13H,4-5,8,11H2,1-2H3,(H,19,20)/t13-/m0/s1. The van der Waals surface area contributed by atoms with Crippen molar-refractivity contribution >= 4 is 11.8 Å². The molecular formula is C17H22N4O2. The highest BCUT2D eigenvalue weighted by molar-refractivity contribution is 5.94. The molecule has 6 nitrogen and oxygen atoms in total. The van der Waals surface area contributed by atoms with E-state index in [0.717, 1.165) is 25.9 Å². The van der Waals surface area contributed by atoms with E-state index < -0.39 is 0 Å². The van der Waals surface area contributed by atoms with Gasteiger partial charge in [-0.05, 0) is 44.4 Å². The third kappa shape index (κ3) is 3.52. The summed E-state index contributed by atoms with van der Waals surface area (Å²) in [6.07, 6.45) is 7.58. The zero-order chi connectivity index (χ0) is 16.2. The molecule has 2 aromatic heterocycles. The lowest BCUT2D eigenvalue weighted by atomic mass is 9.92. The van der Waals surface area contributed by atoms with E-state index in [9.17, 15) is 4.79 Å². The van der Waals surface area contributed by atoms with Gasteiger partial charge in [-0.25, -0.2) is 9.78 Å². The minimum Gasteiger partial charge on any atom is -0.459 e. The Kier molecular flexibility index (Phi) is 4.60. The fourth-order valence-electron chi connectivity index (χ4n) is 3.01. The molecule has 0 radical (unpaired) electrons. The largest absolute Gasteiger partial charge is 0.459 e. The first-order valence-electron chi connectivity index (χ1n) is 8.04. The molecule has 6 heteroatoms. The minimum absolute atomic E-state index is 0.143. The quantitative estimate of drug-likeness (QED) is 0.879. The summed E-state index contributed by atoms with van der Waals surface area (Å²) < 4.78 is 5.35. The summed E-state index contributed by atoms with van der Waals surface area (Å²) in [6.45, 7) is 5.43. The summed E-state index contributed by atoms with van der Waals surface area (Å²) in [5.74, 6) is 0.804. The van der Waals surface area contributed by atoms with Gasteiger partial charge in [0.15, 0.2) is 0 Å². The van der Waals surface area contributed by atoms with E-state index in [0.29, 0.717) is 17.3 Å². The molecular weight excluding hydrogens is 292 g/mol. The maximum Gasteiger partial charge on any atom is 0.342 e. The van der Waals surface area contributed by atoms with Crippen molar-refractivity contribution in [2.24, 2.45) is 0 Å². The van der Waals surface area contributed by atoms with Crippen molar-refractivity contribution in [2.45, 2.75) is 38.7 Å². The zero-order valence-electron chi connectivity index (χ0n) is 13.5. The normalized spacial score (nSPS) is 18.2. The molecule has 3 rings (SSSR count). The van der Waals surface area contributed by atoms with E-state index in [1.807, 2.05) is 26.2 Å². The SMILES string of the molecule is CC(C)OC(=O)c1cccnc1N1CCC[C@H](c2cn[nH]c2)C1. The molecule has 0 amide bonds. The van der Waals surface area contributed by atoms with E-state index in [1.54, 1.807) is 18.3 Å². The number of rotatable bonds is 4. The summed E-state index contributed by atoms with van der Waals surface area (Å²) >= 11 is 0. The monoisotopic (exact) mass is 314 g/mol. The Hall–Kier alpha value is -2.37. The van der Waals surface area contributed by atoms with Gasteiger partial charge in [-0.2, -0.15) is 5.10 Å². The van der Waals surface area contributed by atoms with Crippen LogP contribution in [0.15, 0.2) is 30.7 Å². The van der Waals surface area contributed by atoms with Crippen molar-refractivity contribution < 1.29 is 9.53 Å². The van der Waals surface area contributed by atoms with Crippen LogP contribution in [0.4, 0.5) is 5.82 Å². The highest BCUT2D eigenvalue weighted by atomic mass is 16.5. The Balaban J connectivity index is 1.82. The smallest absolute Gasteiger partial charge is 0.342 e.